The van der Waals surface area contributed by atoms with Crippen molar-refractivity contribution < 1.29 is 14.6 Å². The molecular formula is C24H19ClN4O3. The van der Waals surface area contributed by atoms with Gasteiger partial charge in [-0.25, -0.2) is 0 Å². The van der Waals surface area contributed by atoms with E-state index in [1.807, 2.05) is 36.4 Å². The fourth-order valence-corrected chi connectivity index (χ4v) is 4.28. The predicted molar refractivity (Wildman–Crippen MR) is 120 cm³/mol. The number of methoxy groups -OCH3 is 1. The minimum atomic E-state index is -0.445. The third kappa shape index (κ3) is 3.36. The molecule has 0 spiro atoms. The quantitative estimate of drug-likeness (QED) is 0.468. The van der Waals surface area contributed by atoms with Crippen molar-refractivity contribution in [3.63, 3.8) is 0 Å². The number of benzene rings is 2. The zero-order valence-electron chi connectivity index (χ0n) is 17.1. The van der Waals surface area contributed by atoms with E-state index in [0.717, 1.165) is 11.1 Å². The number of rotatable bonds is 5. The van der Waals surface area contributed by atoms with Crippen molar-refractivity contribution in [3.8, 4) is 22.8 Å². The Morgan fingerprint density at radius 3 is 2.84 bits per heavy atom. The second-order valence-corrected chi connectivity index (χ2v) is 7.93. The van der Waals surface area contributed by atoms with Crippen LogP contribution in [-0.2, 0) is 6.54 Å². The molecule has 1 aliphatic rings. The predicted octanol–water partition coefficient (Wildman–Crippen LogP) is 4.58. The third-order valence-electron chi connectivity index (χ3n) is 5.56. The minimum absolute atomic E-state index is 0.0336. The van der Waals surface area contributed by atoms with E-state index in [0.29, 0.717) is 39.8 Å². The van der Waals surface area contributed by atoms with Crippen LogP contribution in [-0.4, -0.2) is 38.2 Å². The maximum absolute atomic E-state index is 13.5. The Balaban J connectivity index is 1.69. The van der Waals surface area contributed by atoms with Crippen LogP contribution < -0.4 is 4.74 Å². The monoisotopic (exact) mass is 446 g/mol. The SMILES string of the molecule is COc1cccc(C2c3c(-c4cc(Cl)ccc4O)n[nH]c3C(=O)N2Cc2cccnc2)c1. The second-order valence-electron chi connectivity index (χ2n) is 7.50. The zero-order chi connectivity index (χ0) is 22.2. The molecule has 1 aliphatic heterocycles. The first-order chi connectivity index (χ1) is 15.6. The van der Waals surface area contributed by atoms with Crippen molar-refractivity contribution in [2.75, 3.05) is 7.11 Å². The van der Waals surface area contributed by atoms with Crippen molar-refractivity contribution in [1.29, 1.82) is 0 Å². The van der Waals surface area contributed by atoms with E-state index in [-0.39, 0.29) is 11.7 Å². The first-order valence-corrected chi connectivity index (χ1v) is 10.4. The van der Waals surface area contributed by atoms with Gasteiger partial charge in [-0.15, -0.1) is 0 Å². The van der Waals surface area contributed by atoms with Gasteiger partial charge in [0.1, 0.15) is 22.9 Å². The molecule has 0 radical (unpaired) electrons. The van der Waals surface area contributed by atoms with Crippen LogP contribution in [0.4, 0.5) is 0 Å². The number of phenols is 1. The molecule has 0 bridgehead atoms. The Hall–Kier alpha value is -3.84. The number of carbonyl (C=O) groups is 1. The Morgan fingerprint density at radius 1 is 1.19 bits per heavy atom. The number of amides is 1. The van der Waals surface area contributed by atoms with Gasteiger partial charge < -0.3 is 14.7 Å². The van der Waals surface area contributed by atoms with E-state index in [1.54, 1.807) is 36.5 Å². The Kier molecular flexibility index (Phi) is 5.03. The lowest BCUT2D eigenvalue weighted by atomic mass is 9.95. The topological polar surface area (TPSA) is 91.3 Å². The summed E-state index contributed by atoms with van der Waals surface area (Å²) in [5.74, 6) is 0.531. The van der Waals surface area contributed by atoms with E-state index in [1.165, 1.54) is 6.07 Å². The highest BCUT2D eigenvalue weighted by atomic mass is 35.5. The van der Waals surface area contributed by atoms with E-state index in [9.17, 15) is 9.90 Å². The molecule has 0 saturated heterocycles. The summed E-state index contributed by atoms with van der Waals surface area (Å²) < 4.78 is 5.42. The van der Waals surface area contributed by atoms with Crippen LogP contribution in [0.2, 0.25) is 5.02 Å². The third-order valence-corrected chi connectivity index (χ3v) is 5.80. The van der Waals surface area contributed by atoms with E-state index in [4.69, 9.17) is 16.3 Å². The summed E-state index contributed by atoms with van der Waals surface area (Å²) >= 11 is 6.19. The van der Waals surface area contributed by atoms with Gasteiger partial charge in [0.2, 0.25) is 0 Å². The minimum Gasteiger partial charge on any atom is -0.507 e. The molecule has 160 valence electrons. The van der Waals surface area contributed by atoms with Crippen molar-refractivity contribution in [1.82, 2.24) is 20.1 Å². The highest BCUT2D eigenvalue weighted by Crippen LogP contribution is 2.45. The normalized spacial score (nSPS) is 15.1. The molecule has 8 heteroatoms. The molecule has 7 nitrogen and oxygen atoms in total. The van der Waals surface area contributed by atoms with Crippen LogP contribution in [0.25, 0.3) is 11.3 Å². The smallest absolute Gasteiger partial charge is 0.273 e. The van der Waals surface area contributed by atoms with Crippen LogP contribution in [0.15, 0.2) is 67.0 Å². The number of aromatic hydroxyl groups is 1. The molecule has 1 unspecified atom stereocenters. The molecule has 0 saturated carbocycles. The maximum Gasteiger partial charge on any atom is 0.273 e. The number of nitrogens with zero attached hydrogens (tertiary/aromatic N) is 3. The number of hydrogen-bond acceptors (Lipinski definition) is 5. The number of hydrogen-bond donors (Lipinski definition) is 2. The molecule has 0 fully saturated rings. The molecule has 2 N–H and O–H groups in total. The molecular weight excluding hydrogens is 428 g/mol. The number of aromatic amines is 1. The number of pyridine rings is 1. The van der Waals surface area contributed by atoms with Crippen LogP contribution in [0.3, 0.4) is 0 Å². The lowest BCUT2D eigenvalue weighted by Gasteiger charge is -2.26. The number of fused-ring (bicyclic) bond motifs is 1. The second kappa shape index (κ2) is 8.01. The van der Waals surface area contributed by atoms with Gasteiger partial charge in [-0.3, -0.25) is 14.9 Å². The van der Waals surface area contributed by atoms with Crippen LogP contribution in [0.1, 0.15) is 33.2 Å². The fourth-order valence-electron chi connectivity index (χ4n) is 4.11. The molecule has 3 heterocycles. The Morgan fingerprint density at radius 2 is 2.06 bits per heavy atom. The zero-order valence-corrected chi connectivity index (χ0v) is 17.9. The van der Waals surface area contributed by atoms with Gasteiger partial charge in [-0.05, 0) is 47.5 Å². The number of H-pyrrole nitrogens is 1. The van der Waals surface area contributed by atoms with Crippen molar-refractivity contribution in [2.45, 2.75) is 12.6 Å². The number of nitrogens with one attached hydrogen (secondary N) is 1. The van der Waals surface area contributed by atoms with E-state index >= 15 is 0 Å². The van der Waals surface area contributed by atoms with Crippen LogP contribution >= 0.6 is 11.6 Å². The lowest BCUT2D eigenvalue weighted by Crippen LogP contribution is -2.29. The number of halogens is 1. The number of phenolic OH excluding ortho intramolecular Hbond substituents is 1. The molecule has 2 aromatic heterocycles. The molecule has 2 aromatic carbocycles. The first-order valence-electron chi connectivity index (χ1n) is 9.98. The van der Waals surface area contributed by atoms with Crippen molar-refractivity contribution in [2.24, 2.45) is 0 Å². The molecule has 1 atom stereocenters. The number of carbonyl (C=O) groups excluding carboxylic acids is 1. The highest BCUT2D eigenvalue weighted by molar-refractivity contribution is 6.31. The van der Waals surface area contributed by atoms with Crippen molar-refractivity contribution >= 4 is 17.5 Å². The van der Waals surface area contributed by atoms with E-state index in [2.05, 4.69) is 15.2 Å². The summed E-state index contributed by atoms with van der Waals surface area (Å²) in [6.45, 7) is 0.359. The van der Waals surface area contributed by atoms with Gasteiger partial charge >= 0.3 is 0 Å². The standard InChI is InChI=1S/C24H19ClN4O3/c1-32-17-6-2-5-15(10-17)23-20-21(18-11-16(25)7-8-19(18)30)27-28-22(20)24(31)29(23)13-14-4-3-9-26-12-14/h2-12,23,30H,13H2,1H3,(H,27,28). The maximum atomic E-state index is 13.5. The van der Waals surface area contributed by atoms with Gasteiger partial charge in [-0.1, -0.05) is 29.8 Å². The number of ether oxygens (including phenoxy) is 1. The Labute approximate surface area is 189 Å². The Bertz CT molecular complexity index is 1310. The molecule has 32 heavy (non-hydrogen) atoms. The summed E-state index contributed by atoms with van der Waals surface area (Å²) in [5.41, 5.74) is 3.78. The summed E-state index contributed by atoms with van der Waals surface area (Å²) in [5, 5.41) is 18.2. The van der Waals surface area contributed by atoms with Gasteiger partial charge in [0.05, 0.1) is 13.2 Å². The molecule has 5 rings (SSSR count). The van der Waals surface area contributed by atoms with Gasteiger partial charge in [-0.2, -0.15) is 5.10 Å². The lowest BCUT2D eigenvalue weighted by molar-refractivity contribution is 0.0729. The fraction of sp³-hybridized carbons (Fsp3) is 0.125. The largest absolute Gasteiger partial charge is 0.507 e. The van der Waals surface area contributed by atoms with Crippen molar-refractivity contribution in [3.05, 3.63) is 94.4 Å². The van der Waals surface area contributed by atoms with Gasteiger partial charge in [0.25, 0.3) is 5.91 Å². The summed E-state index contributed by atoms with van der Waals surface area (Å²) in [6, 6.07) is 15.7. The van der Waals surface area contributed by atoms with Gasteiger partial charge in [0.15, 0.2) is 0 Å². The van der Waals surface area contributed by atoms with Crippen LogP contribution in [0.5, 0.6) is 11.5 Å². The molecule has 1 amide bonds. The van der Waals surface area contributed by atoms with Gasteiger partial charge in [0, 0.05) is 35.1 Å². The summed E-state index contributed by atoms with van der Waals surface area (Å²) in [6.07, 6.45) is 3.44. The molecule has 4 aromatic rings. The van der Waals surface area contributed by atoms with E-state index < -0.39 is 6.04 Å². The summed E-state index contributed by atoms with van der Waals surface area (Å²) in [7, 11) is 1.60. The summed E-state index contributed by atoms with van der Waals surface area (Å²) in [4.78, 5) is 19.4. The highest BCUT2D eigenvalue weighted by Gasteiger charge is 2.42. The number of aromatic nitrogens is 3. The first kappa shape index (κ1) is 20.1. The van der Waals surface area contributed by atoms with Crippen LogP contribution in [0, 0.1) is 0 Å². The molecule has 0 aliphatic carbocycles. The average Bonchev–Trinajstić information content (AvgIpc) is 3.35. The average molecular weight is 447 g/mol.